The summed E-state index contributed by atoms with van der Waals surface area (Å²) in [4.78, 5) is 0.997. The Kier molecular flexibility index (Phi) is 4.68. The van der Waals surface area contributed by atoms with Crippen molar-refractivity contribution >= 4 is 28.8 Å². The Bertz CT molecular complexity index is 1020. The van der Waals surface area contributed by atoms with Crippen LogP contribution in [0.2, 0.25) is 5.15 Å². The Morgan fingerprint density at radius 3 is 2.50 bits per heavy atom. The quantitative estimate of drug-likeness (QED) is 0.262. The summed E-state index contributed by atoms with van der Waals surface area (Å²) in [6.45, 7) is 3.88. The number of nitrogens with zero attached hydrogens (tertiary/aromatic N) is 2. The molecule has 0 spiro atoms. The molecule has 0 amide bonds. The highest BCUT2D eigenvalue weighted by atomic mass is 35.5. The minimum Gasteiger partial charge on any atom is -0.508 e. The van der Waals surface area contributed by atoms with Crippen molar-refractivity contribution < 1.29 is 14.7 Å². The molecule has 5 nitrogen and oxygen atoms in total. The van der Waals surface area contributed by atoms with Crippen LogP contribution in [0.15, 0.2) is 28.7 Å². The van der Waals surface area contributed by atoms with Gasteiger partial charge in [-0.2, -0.15) is 0 Å². The van der Waals surface area contributed by atoms with E-state index < -0.39 is 5.82 Å². The molecule has 0 aliphatic heterocycles. The molecule has 0 radical (unpaired) electrons. The van der Waals surface area contributed by atoms with Crippen LogP contribution >= 0.6 is 22.9 Å². The summed E-state index contributed by atoms with van der Waals surface area (Å²) in [6.07, 6.45) is 0. The minimum absolute atomic E-state index is 0.125. The van der Waals surface area contributed by atoms with Gasteiger partial charge in [-0.3, -0.25) is 0 Å². The smallest absolute Gasteiger partial charge is 0.187 e. The van der Waals surface area contributed by atoms with E-state index in [-0.39, 0.29) is 22.3 Å². The number of benzene rings is 1. The lowest BCUT2D eigenvalue weighted by molar-refractivity contribution is 0.318. The van der Waals surface area contributed by atoms with E-state index >= 15 is 0 Å². The highest BCUT2D eigenvalue weighted by molar-refractivity contribution is 7.10. The molecule has 3 rings (SSSR count). The fraction of sp³-hybridized carbons (Fsp3) is 0.167. The normalized spacial score (nSPS) is 12.0. The molecule has 0 aliphatic carbocycles. The summed E-state index contributed by atoms with van der Waals surface area (Å²) in [5.41, 5.74) is 9.39. The number of nitrogens with two attached hydrogens (primary N) is 1. The maximum absolute atomic E-state index is 14.6. The predicted octanol–water partition coefficient (Wildman–Crippen LogP) is 4.63. The van der Waals surface area contributed by atoms with E-state index in [0.29, 0.717) is 16.8 Å². The van der Waals surface area contributed by atoms with Gasteiger partial charge in [0.25, 0.3) is 0 Å². The maximum atomic E-state index is 14.6. The van der Waals surface area contributed by atoms with Gasteiger partial charge in [-0.05, 0) is 36.9 Å². The van der Waals surface area contributed by atoms with Gasteiger partial charge in [-0.25, -0.2) is 4.39 Å². The van der Waals surface area contributed by atoms with Crippen molar-refractivity contribution in [3.63, 3.8) is 0 Å². The third kappa shape index (κ3) is 2.73. The molecule has 0 aliphatic rings. The van der Waals surface area contributed by atoms with E-state index in [0.717, 1.165) is 22.1 Å². The number of hydrogen-bond acceptors (Lipinski definition) is 4. The van der Waals surface area contributed by atoms with E-state index in [1.54, 1.807) is 23.0 Å². The number of aromatic hydroxyl groups is 1. The summed E-state index contributed by atoms with van der Waals surface area (Å²) in [5.74, 6) is -0.922. The Hall–Kier alpha value is -2.51. The molecule has 0 fully saturated rings. The Morgan fingerprint density at radius 1 is 1.27 bits per heavy atom. The zero-order valence-electron chi connectivity index (χ0n) is 14.3. The van der Waals surface area contributed by atoms with Crippen LogP contribution in [0.4, 0.5) is 4.39 Å². The standard InChI is InChI=1S/C18H17ClFN3O2S/c1-8-7-26-9(2)13(8)15-14(11-5-4-10(24)6-12(11)20)17(19)23(3)16(15)18(21)22-25/h4-7,24-25H,1-3H3,(H2,21,22). The largest absolute Gasteiger partial charge is 0.508 e. The first kappa shape index (κ1) is 18.3. The van der Waals surface area contributed by atoms with E-state index in [1.807, 2.05) is 19.2 Å². The Labute approximate surface area is 158 Å². The monoisotopic (exact) mass is 393 g/mol. The summed E-state index contributed by atoms with van der Waals surface area (Å²) < 4.78 is 16.2. The summed E-state index contributed by atoms with van der Waals surface area (Å²) in [6, 6.07) is 3.88. The van der Waals surface area contributed by atoms with Gasteiger partial charge in [0.2, 0.25) is 0 Å². The molecule has 0 saturated carbocycles. The van der Waals surface area contributed by atoms with Crippen LogP contribution in [0.25, 0.3) is 22.3 Å². The summed E-state index contributed by atoms with van der Waals surface area (Å²) >= 11 is 8.08. The number of phenols is 1. The number of hydrogen-bond donors (Lipinski definition) is 3. The molecule has 4 N–H and O–H groups in total. The maximum Gasteiger partial charge on any atom is 0.187 e. The van der Waals surface area contributed by atoms with Crippen molar-refractivity contribution in [3.05, 3.63) is 50.7 Å². The second kappa shape index (κ2) is 6.66. The number of amidine groups is 1. The molecular formula is C18H17ClFN3O2S. The molecule has 3 aromatic rings. The molecule has 0 bridgehead atoms. The topological polar surface area (TPSA) is 83.8 Å². The first-order valence-electron chi connectivity index (χ1n) is 7.67. The lowest BCUT2D eigenvalue weighted by Gasteiger charge is -2.10. The number of oxime groups is 1. The van der Waals surface area contributed by atoms with E-state index in [9.17, 15) is 14.7 Å². The third-order valence-electron chi connectivity index (χ3n) is 4.30. The van der Waals surface area contributed by atoms with Crippen LogP contribution in [0.1, 0.15) is 16.1 Å². The van der Waals surface area contributed by atoms with Gasteiger partial charge in [-0.15, -0.1) is 11.3 Å². The van der Waals surface area contributed by atoms with E-state index in [1.165, 1.54) is 12.1 Å². The van der Waals surface area contributed by atoms with Gasteiger partial charge in [0.1, 0.15) is 16.7 Å². The van der Waals surface area contributed by atoms with Crippen molar-refractivity contribution in [1.29, 1.82) is 0 Å². The molecule has 2 aromatic heterocycles. The van der Waals surface area contributed by atoms with Crippen LogP contribution in [-0.2, 0) is 7.05 Å². The zero-order chi connectivity index (χ0) is 19.2. The van der Waals surface area contributed by atoms with Gasteiger partial charge in [0.05, 0.1) is 5.69 Å². The number of aromatic nitrogens is 1. The molecule has 2 heterocycles. The first-order valence-corrected chi connectivity index (χ1v) is 8.93. The third-order valence-corrected chi connectivity index (χ3v) is 5.78. The van der Waals surface area contributed by atoms with E-state index in [2.05, 4.69) is 5.16 Å². The van der Waals surface area contributed by atoms with Crippen molar-refractivity contribution in [1.82, 2.24) is 4.57 Å². The van der Waals surface area contributed by atoms with Crippen LogP contribution < -0.4 is 5.73 Å². The lowest BCUT2D eigenvalue weighted by Crippen LogP contribution is -2.18. The highest BCUT2D eigenvalue weighted by Gasteiger charge is 2.28. The molecule has 26 heavy (non-hydrogen) atoms. The van der Waals surface area contributed by atoms with Gasteiger partial charge < -0.3 is 20.6 Å². The zero-order valence-corrected chi connectivity index (χ0v) is 15.9. The van der Waals surface area contributed by atoms with Gasteiger partial charge >= 0.3 is 0 Å². The predicted molar refractivity (Wildman–Crippen MR) is 103 cm³/mol. The summed E-state index contributed by atoms with van der Waals surface area (Å²) in [7, 11) is 1.66. The fourth-order valence-electron chi connectivity index (χ4n) is 3.14. The van der Waals surface area contributed by atoms with Crippen LogP contribution in [0.3, 0.4) is 0 Å². The average Bonchev–Trinajstić information content (AvgIpc) is 3.04. The fourth-order valence-corrected chi connectivity index (χ4v) is 4.28. The minimum atomic E-state index is -0.615. The molecule has 1 aromatic carbocycles. The van der Waals surface area contributed by atoms with Crippen LogP contribution in [0.5, 0.6) is 5.75 Å². The average molecular weight is 394 g/mol. The Balaban J connectivity index is 2.49. The molecule has 136 valence electrons. The second-order valence-electron chi connectivity index (χ2n) is 5.95. The first-order chi connectivity index (χ1) is 12.3. The SMILES string of the molecule is Cc1csc(C)c1-c1c(-c2ccc(O)cc2F)c(Cl)n(C)c1C(N)=NO. The summed E-state index contributed by atoms with van der Waals surface area (Å²) in [5, 5.41) is 24.1. The number of halogens is 2. The molecule has 0 atom stereocenters. The van der Waals surface area contributed by atoms with Gasteiger partial charge in [-0.1, -0.05) is 16.8 Å². The molecule has 8 heteroatoms. The van der Waals surface area contributed by atoms with Crippen molar-refractivity contribution in [2.24, 2.45) is 17.9 Å². The van der Waals surface area contributed by atoms with Gasteiger partial charge in [0.15, 0.2) is 5.84 Å². The van der Waals surface area contributed by atoms with Crippen molar-refractivity contribution in [3.8, 4) is 28.0 Å². The highest BCUT2D eigenvalue weighted by Crippen LogP contribution is 2.46. The lowest BCUT2D eigenvalue weighted by atomic mass is 9.94. The number of thiophene rings is 1. The van der Waals surface area contributed by atoms with Crippen molar-refractivity contribution in [2.75, 3.05) is 0 Å². The Morgan fingerprint density at radius 2 is 1.96 bits per heavy atom. The second-order valence-corrected chi connectivity index (χ2v) is 7.39. The molecule has 0 unspecified atom stereocenters. The number of phenolic OH excluding ortho intramolecular Hbond substituents is 1. The van der Waals surface area contributed by atoms with Crippen LogP contribution in [-0.4, -0.2) is 20.7 Å². The van der Waals surface area contributed by atoms with E-state index in [4.69, 9.17) is 17.3 Å². The number of rotatable bonds is 3. The number of aryl methyl sites for hydroxylation is 2. The van der Waals surface area contributed by atoms with Crippen molar-refractivity contribution in [2.45, 2.75) is 13.8 Å². The van der Waals surface area contributed by atoms with Gasteiger partial charge in [0, 0.05) is 40.2 Å². The van der Waals surface area contributed by atoms with Crippen LogP contribution in [0, 0.1) is 19.7 Å². The molecular weight excluding hydrogens is 377 g/mol. The molecule has 0 saturated heterocycles.